The van der Waals surface area contributed by atoms with Crippen LogP contribution in [0.3, 0.4) is 0 Å². The van der Waals surface area contributed by atoms with Crippen LogP contribution in [0.4, 0.5) is 0 Å². The van der Waals surface area contributed by atoms with Gasteiger partial charge in [-0.2, -0.15) is 0 Å². The monoisotopic (exact) mass is 488 g/mol. The Kier molecular flexibility index (Phi) is 5.80. The second-order valence-corrected chi connectivity index (χ2v) is 12.9. The lowest BCUT2D eigenvalue weighted by atomic mass is 9.36. The minimum absolute atomic E-state index is 0.0337. The van der Waals surface area contributed by atoms with E-state index in [1.807, 2.05) is 0 Å². The third kappa shape index (κ3) is 3.14. The van der Waals surface area contributed by atoms with Gasteiger partial charge in [0.25, 0.3) is 0 Å². The Hall–Kier alpha value is -2.86. The number of hydrogen-bond acceptors (Lipinski definition) is 0. The number of fused-ring (bicyclic) bond motifs is 3. The molecule has 0 aliphatic heterocycles. The molecular formula is C37H44. The summed E-state index contributed by atoms with van der Waals surface area (Å²) in [5.41, 5.74) is 14.7. The zero-order chi connectivity index (χ0) is 27.1. The average molecular weight is 489 g/mol. The molecule has 0 fully saturated rings. The normalized spacial score (nSPS) is 33.2. The Morgan fingerprint density at radius 2 is 1.59 bits per heavy atom. The second-order valence-electron chi connectivity index (χ2n) is 12.9. The van der Waals surface area contributed by atoms with Crippen LogP contribution in [0.25, 0.3) is 5.57 Å². The van der Waals surface area contributed by atoms with E-state index < -0.39 is 0 Å². The lowest BCUT2D eigenvalue weighted by Crippen LogP contribution is -2.59. The summed E-state index contributed by atoms with van der Waals surface area (Å²) in [4.78, 5) is 0. The number of rotatable bonds is 3. The van der Waals surface area contributed by atoms with Crippen molar-refractivity contribution in [2.24, 2.45) is 22.2 Å². The number of allylic oxidation sites excluding steroid dienone is 7. The molecule has 0 heterocycles. The summed E-state index contributed by atoms with van der Waals surface area (Å²) >= 11 is 0. The van der Waals surface area contributed by atoms with E-state index in [2.05, 4.69) is 110 Å². The van der Waals surface area contributed by atoms with Crippen molar-refractivity contribution >= 4 is 5.57 Å². The molecule has 5 atom stereocenters. The Labute approximate surface area is 225 Å². The van der Waals surface area contributed by atoms with Gasteiger partial charge < -0.3 is 0 Å². The Bertz CT molecular complexity index is 1410. The van der Waals surface area contributed by atoms with E-state index in [1.165, 1.54) is 55.7 Å². The maximum atomic E-state index is 4.84. The molecule has 0 heteroatoms. The standard InChI is InChI=1S/C37H44/c1-22(2)32-24(4)21-35(9)28(8)36(10)31(20-29-17-13-12-14-18-29)30-19-15-16-23(3)33(30)25(5)34(36)27(7)37(35,11)26(32)6/h12-19,28,31H,1,5-6,20-21H2,2-4,7-11H3/t28-,31+,35-,36-,37+/m0/s1. The van der Waals surface area contributed by atoms with Crippen molar-refractivity contribution in [3.63, 3.8) is 0 Å². The van der Waals surface area contributed by atoms with Gasteiger partial charge >= 0.3 is 0 Å². The first-order valence-corrected chi connectivity index (χ1v) is 13.9. The van der Waals surface area contributed by atoms with Gasteiger partial charge in [-0.05, 0) is 102 Å². The zero-order valence-electron chi connectivity index (χ0n) is 24.3. The van der Waals surface area contributed by atoms with Crippen LogP contribution in [0.1, 0.15) is 83.1 Å². The average Bonchev–Trinajstić information content (AvgIpc) is 2.84. The van der Waals surface area contributed by atoms with E-state index in [-0.39, 0.29) is 16.2 Å². The summed E-state index contributed by atoms with van der Waals surface area (Å²) in [5, 5.41) is 0. The Morgan fingerprint density at radius 3 is 2.22 bits per heavy atom. The van der Waals surface area contributed by atoms with Gasteiger partial charge in [0.1, 0.15) is 0 Å². The highest BCUT2D eigenvalue weighted by Crippen LogP contribution is 2.74. The Balaban J connectivity index is 1.85. The van der Waals surface area contributed by atoms with Crippen molar-refractivity contribution < 1.29 is 0 Å². The molecule has 0 saturated carbocycles. The summed E-state index contributed by atoms with van der Waals surface area (Å²) in [6, 6.07) is 18.0. The van der Waals surface area contributed by atoms with Crippen molar-refractivity contribution in [3.8, 4) is 0 Å². The quantitative estimate of drug-likeness (QED) is 0.403. The summed E-state index contributed by atoms with van der Waals surface area (Å²) in [6.07, 6.45) is 2.10. The van der Waals surface area contributed by atoms with Crippen LogP contribution in [0, 0.1) is 29.1 Å². The van der Waals surface area contributed by atoms with Crippen molar-refractivity contribution in [2.45, 2.75) is 74.1 Å². The van der Waals surface area contributed by atoms with Crippen LogP contribution < -0.4 is 0 Å². The predicted octanol–water partition coefficient (Wildman–Crippen LogP) is 10.2. The first kappa shape index (κ1) is 25.8. The first-order chi connectivity index (χ1) is 17.3. The SMILES string of the molecule is C=C(C)C1=C(C)C[C@@]2(C)[C@H](C)[C@]3(C)C(=C(C)[C@@]2(C)C1=C)C(=C)c1c(C)cccc1[C@H]3Cc1ccccc1. The maximum absolute atomic E-state index is 4.84. The van der Waals surface area contributed by atoms with Crippen molar-refractivity contribution in [1.29, 1.82) is 0 Å². The van der Waals surface area contributed by atoms with Gasteiger partial charge in [-0.3, -0.25) is 0 Å². The molecular weight excluding hydrogens is 444 g/mol. The minimum Gasteiger partial charge on any atom is -0.0955 e. The molecule has 3 aliphatic rings. The Morgan fingerprint density at radius 1 is 0.946 bits per heavy atom. The number of hydrogen-bond donors (Lipinski definition) is 0. The van der Waals surface area contributed by atoms with Gasteiger partial charge in [0.05, 0.1) is 0 Å². The smallest absolute Gasteiger partial charge is 0.0196 e. The van der Waals surface area contributed by atoms with Crippen LogP contribution in [-0.4, -0.2) is 0 Å². The summed E-state index contributed by atoms with van der Waals surface area (Å²) < 4.78 is 0. The molecule has 0 nitrogen and oxygen atoms in total. The molecule has 0 saturated heterocycles. The van der Waals surface area contributed by atoms with Crippen LogP contribution in [0.2, 0.25) is 0 Å². The topological polar surface area (TPSA) is 0 Å². The van der Waals surface area contributed by atoms with Gasteiger partial charge in [-0.15, -0.1) is 0 Å². The first-order valence-electron chi connectivity index (χ1n) is 13.9. The third-order valence-electron chi connectivity index (χ3n) is 11.3. The highest BCUT2D eigenvalue weighted by molar-refractivity contribution is 5.87. The molecule has 2 aromatic rings. The van der Waals surface area contributed by atoms with E-state index in [0.29, 0.717) is 11.8 Å². The fourth-order valence-corrected chi connectivity index (χ4v) is 9.10. The predicted molar refractivity (Wildman–Crippen MR) is 161 cm³/mol. The number of benzene rings is 2. The largest absolute Gasteiger partial charge is 0.0955 e. The highest BCUT2D eigenvalue weighted by atomic mass is 14.7. The van der Waals surface area contributed by atoms with E-state index in [9.17, 15) is 0 Å². The molecule has 0 radical (unpaired) electrons. The van der Waals surface area contributed by atoms with E-state index >= 15 is 0 Å². The molecule has 3 aliphatic carbocycles. The number of aryl methyl sites for hydroxylation is 1. The minimum atomic E-state index is -0.157. The fraction of sp³-hybridized carbons (Fsp3) is 0.405. The molecule has 0 aromatic heterocycles. The molecule has 192 valence electrons. The molecule has 2 aromatic carbocycles. The maximum Gasteiger partial charge on any atom is 0.0196 e. The second kappa shape index (κ2) is 8.32. The van der Waals surface area contributed by atoms with Crippen LogP contribution in [0.5, 0.6) is 0 Å². The fourth-order valence-electron chi connectivity index (χ4n) is 9.10. The molecule has 0 spiro atoms. The van der Waals surface area contributed by atoms with Crippen molar-refractivity contribution in [2.75, 3.05) is 0 Å². The van der Waals surface area contributed by atoms with Gasteiger partial charge in [-0.25, -0.2) is 0 Å². The van der Waals surface area contributed by atoms with E-state index in [1.54, 1.807) is 0 Å². The van der Waals surface area contributed by atoms with Crippen LogP contribution in [0.15, 0.2) is 102 Å². The molecule has 0 bridgehead atoms. The molecule has 0 N–H and O–H groups in total. The van der Waals surface area contributed by atoms with Crippen molar-refractivity contribution in [1.82, 2.24) is 0 Å². The van der Waals surface area contributed by atoms with Gasteiger partial charge in [-0.1, -0.05) is 113 Å². The third-order valence-corrected chi connectivity index (χ3v) is 11.3. The van der Waals surface area contributed by atoms with Crippen molar-refractivity contribution in [3.05, 3.63) is 124 Å². The van der Waals surface area contributed by atoms with Crippen LogP contribution in [-0.2, 0) is 6.42 Å². The van der Waals surface area contributed by atoms with E-state index in [4.69, 9.17) is 13.2 Å². The lowest BCUT2D eigenvalue weighted by Gasteiger charge is -2.67. The highest BCUT2D eigenvalue weighted by Gasteiger charge is 2.65. The van der Waals surface area contributed by atoms with Crippen LogP contribution >= 0.6 is 0 Å². The summed E-state index contributed by atoms with van der Waals surface area (Å²) in [5.74, 6) is 0.790. The molecule has 0 unspecified atom stereocenters. The zero-order valence-corrected chi connectivity index (χ0v) is 24.3. The molecule has 0 amide bonds. The molecule has 37 heavy (non-hydrogen) atoms. The van der Waals surface area contributed by atoms with Gasteiger partial charge in [0.15, 0.2) is 0 Å². The molecule has 5 rings (SSSR count). The summed E-state index contributed by atoms with van der Waals surface area (Å²) in [7, 11) is 0. The van der Waals surface area contributed by atoms with E-state index in [0.717, 1.165) is 18.4 Å². The summed E-state index contributed by atoms with van der Waals surface area (Å²) in [6.45, 7) is 33.2. The van der Waals surface area contributed by atoms with Gasteiger partial charge in [0.2, 0.25) is 0 Å². The van der Waals surface area contributed by atoms with Gasteiger partial charge in [0, 0.05) is 10.8 Å². The lowest BCUT2D eigenvalue weighted by molar-refractivity contribution is -0.0285.